The van der Waals surface area contributed by atoms with Crippen LogP contribution in [-0.2, 0) is 16.0 Å². The van der Waals surface area contributed by atoms with Gasteiger partial charge in [0.25, 0.3) is 5.91 Å². The van der Waals surface area contributed by atoms with Crippen LogP contribution >= 0.6 is 0 Å². The van der Waals surface area contributed by atoms with Crippen LogP contribution < -0.4 is 5.32 Å². The van der Waals surface area contributed by atoms with Crippen molar-refractivity contribution in [3.63, 3.8) is 0 Å². The fourth-order valence-electron chi connectivity index (χ4n) is 4.15. The summed E-state index contributed by atoms with van der Waals surface area (Å²) in [7, 11) is 1.40. The van der Waals surface area contributed by atoms with Crippen molar-refractivity contribution < 1.29 is 14.3 Å². The molecule has 0 spiro atoms. The fourth-order valence-corrected chi connectivity index (χ4v) is 4.15. The third-order valence-electron chi connectivity index (χ3n) is 6.05. The summed E-state index contributed by atoms with van der Waals surface area (Å²) in [5, 5.41) is 7.82. The lowest BCUT2D eigenvalue weighted by molar-refractivity contribution is -0.140. The standard InChI is InChI=1S/C23H31N3O3/c1-15-7-5-6-8-21(15)24-23(28)18-9-11-19(12-10-18)26-17(3)20(16(2)25-26)13-14-22(27)29-4/h9-12,15,21H,5-8,13-14H2,1-4H3,(H,24,28)/t15-,21-/m0/s1. The largest absolute Gasteiger partial charge is 0.469 e. The molecule has 2 atom stereocenters. The van der Waals surface area contributed by atoms with Gasteiger partial charge in [0.05, 0.1) is 18.5 Å². The number of nitrogens with zero attached hydrogens (tertiary/aromatic N) is 2. The number of aromatic nitrogens is 2. The van der Waals surface area contributed by atoms with Crippen LogP contribution in [0.3, 0.4) is 0 Å². The molecule has 1 aliphatic carbocycles. The lowest BCUT2D eigenvalue weighted by atomic mass is 9.86. The molecule has 1 fully saturated rings. The Balaban J connectivity index is 1.71. The van der Waals surface area contributed by atoms with E-state index in [1.807, 2.05) is 42.8 Å². The summed E-state index contributed by atoms with van der Waals surface area (Å²) >= 11 is 0. The summed E-state index contributed by atoms with van der Waals surface area (Å²) in [4.78, 5) is 24.1. The number of hydrogen-bond acceptors (Lipinski definition) is 4. The van der Waals surface area contributed by atoms with Crippen LogP contribution in [0.5, 0.6) is 0 Å². The van der Waals surface area contributed by atoms with E-state index in [1.54, 1.807) is 0 Å². The fraction of sp³-hybridized carbons (Fsp3) is 0.522. The van der Waals surface area contributed by atoms with Gasteiger partial charge >= 0.3 is 5.97 Å². The van der Waals surface area contributed by atoms with Crippen LogP contribution in [0.2, 0.25) is 0 Å². The molecular weight excluding hydrogens is 366 g/mol. The van der Waals surface area contributed by atoms with Crippen LogP contribution in [0.25, 0.3) is 5.69 Å². The molecule has 2 aromatic rings. The number of methoxy groups -OCH3 is 1. The predicted octanol–water partition coefficient (Wildman–Crippen LogP) is 3.90. The van der Waals surface area contributed by atoms with Crippen molar-refractivity contribution in [3.05, 3.63) is 46.8 Å². The van der Waals surface area contributed by atoms with Crippen LogP contribution in [0.1, 0.15) is 66.3 Å². The Hall–Kier alpha value is -2.63. The zero-order chi connectivity index (χ0) is 21.0. The van der Waals surface area contributed by atoms with Gasteiger partial charge in [-0.2, -0.15) is 5.10 Å². The lowest BCUT2D eigenvalue weighted by Gasteiger charge is -2.29. The Labute approximate surface area is 172 Å². The number of esters is 1. The number of aryl methyl sites for hydroxylation is 1. The van der Waals surface area contributed by atoms with E-state index in [2.05, 4.69) is 17.3 Å². The summed E-state index contributed by atoms with van der Waals surface area (Å²) in [6.45, 7) is 6.16. The van der Waals surface area contributed by atoms with E-state index in [1.165, 1.54) is 26.4 Å². The van der Waals surface area contributed by atoms with Gasteiger partial charge in [-0.05, 0) is 68.9 Å². The molecule has 1 N–H and O–H groups in total. The van der Waals surface area contributed by atoms with Crippen LogP contribution in [0.15, 0.2) is 24.3 Å². The van der Waals surface area contributed by atoms with Crippen molar-refractivity contribution in [1.82, 2.24) is 15.1 Å². The molecule has 156 valence electrons. The molecule has 1 saturated carbocycles. The Kier molecular flexibility index (Phi) is 6.72. The second-order valence-corrected chi connectivity index (χ2v) is 8.03. The average Bonchev–Trinajstić information content (AvgIpc) is 3.01. The van der Waals surface area contributed by atoms with Crippen molar-refractivity contribution in [2.24, 2.45) is 5.92 Å². The molecule has 0 unspecified atom stereocenters. The molecule has 0 radical (unpaired) electrons. The molecule has 6 heteroatoms. The molecule has 1 aliphatic rings. The molecule has 1 amide bonds. The van der Waals surface area contributed by atoms with Crippen molar-refractivity contribution in [3.8, 4) is 5.69 Å². The number of carbonyl (C=O) groups excluding carboxylic acids is 2. The number of rotatable bonds is 6. The zero-order valence-corrected chi connectivity index (χ0v) is 17.8. The van der Waals surface area contributed by atoms with Crippen LogP contribution in [0.4, 0.5) is 0 Å². The van der Waals surface area contributed by atoms with Crippen molar-refractivity contribution in [2.75, 3.05) is 7.11 Å². The van der Waals surface area contributed by atoms with E-state index in [4.69, 9.17) is 4.74 Å². The third-order valence-corrected chi connectivity index (χ3v) is 6.05. The van der Waals surface area contributed by atoms with Crippen molar-refractivity contribution >= 4 is 11.9 Å². The van der Waals surface area contributed by atoms with Gasteiger partial charge in [0.15, 0.2) is 0 Å². The molecule has 0 bridgehead atoms. The first-order valence-corrected chi connectivity index (χ1v) is 10.4. The molecule has 0 aliphatic heterocycles. The average molecular weight is 398 g/mol. The minimum Gasteiger partial charge on any atom is -0.469 e. The quantitative estimate of drug-likeness (QED) is 0.750. The maximum Gasteiger partial charge on any atom is 0.305 e. The molecule has 1 aromatic heterocycles. The SMILES string of the molecule is COC(=O)CCc1c(C)nn(-c2ccc(C(=O)N[C@H]3CCCC[C@@H]3C)cc2)c1C. The Morgan fingerprint density at radius 1 is 1.17 bits per heavy atom. The topological polar surface area (TPSA) is 73.2 Å². The Bertz CT molecular complexity index is 870. The van der Waals surface area contributed by atoms with Gasteiger partial charge in [-0.25, -0.2) is 4.68 Å². The normalized spacial score (nSPS) is 19.0. The number of amides is 1. The van der Waals surface area contributed by atoms with Gasteiger partial charge in [-0.1, -0.05) is 19.8 Å². The number of hydrogen-bond donors (Lipinski definition) is 1. The molecule has 29 heavy (non-hydrogen) atoms. The number of benzene rings is 1. The smallest absolute Gasteiger partial charge is 0.305 e. The van der Waals surface area contributed by atoms with Crippen LogP contribution in [-0.4, -0.2) is 34.8 Å². The van der Waals surface area contributed by atoms with E-state index in [0.29, 0.717) is 24.3 Å². The van der Waals surface area contributed by atoms with Crippen molar-refractivity contribution in [2.45, 2.75) is 65.3 Å². The monoisotopic (exact) mass is 397 g/mol. The highest BCUT2D eigenvalue weighted by Gasteiger charge is 2.23. The van der Waals surface area contributed by atoms with Crippen LogP contribution in [0, 0.1) is 19.8 Å². The Morgan fingerprint density at radius 3 is 2.52 bits per heavy atom. The first-order valence-electron chi connectivity index (χ1n) is 10.4. The van der Waals surface area contributed by atoms with Crippen molar-refractivity contribution in [1.29, 1.82) is 0 Å². The molecular formula is C23H31N3O3. The van der Waals surface area contributed by atoms with Gasteiger partial charge in [0.2, 0.25) is 0 Å². The first-order chi connectivity index (χ1) is 13.9. The van der Waals surface area contributed by atoms with E-state index in [0.717, 1.165) is 29.1 Å². The lowest BCUT2D eigenvalue weighted by Crippen LogP contribution is -2.41. The second-order valence-electron chi connectivity index (χ2n) is 8.03. The molecule has 3 rings (SSSR count). The van der Waals surface area contributed by atoms with E-state index >= 15 is 0 Å². The van der Waals surface area contributed by atoms with E-state index in [9.17, 15) is 9.59 Å². The van der Waals surface area contributed by atoms with Gasteiger partial charge in [0.1, 0.15) is 0 Å². The number of nitrogens with one attached hydrogen (secondary N) is 1. The van der Waals surface area contributed by atoms with E-state index in [-0.39, 0.29) is 17.9 Å². The molecule has 1 aromatic carbocycles. The summed E-state index contributed by atoms with van der Waals surface area (Å²) in [5.41, 5.74) is 4.53. The summed E-state index contributed by atoms with van der Waals surface area (Å²) in [6, 6.07) is 7.81. The summed E-state index contributed by atoms with van der Waals surface area (Å²) < 4.78 is 6.60. The maximum absolute atomic E-state index is 12.6. The number of ether oxygens (including phenoxy) is 1. The van der Waals surface area contributed by atoms with Gasteiger partial charge < -0.3 is 10.1 Å². The highest BCUT2D eigenvalue weighted by atomic mass is 16.5. The minimum atomic E-state index is -0.223. The number of carbonyl (C=O) groups is 2. The highest BCUT2D eigenvalue weighted by Crippen LogP contribution is 2.24. The Morgan fingerprint density at radius 2 is 1.86 bits per heavy atom. The zero-order valence-electron chi connectivity index (χ0n) is 17.8. The minimum absolute atomic E-state index is 0.0116. The molecule has 0 saturated heterocycles. The maximum atomic E-state index is 12.6. The summed E-state index contributed by atoms with van der Waals surface area (Å²) in [5.74, 6) is 0.298. The van der Waals surface area contributed by atoms with Gasteiger partial charge in [0, 0.05) is 23.7 Å². The second kappa shape index (κ2) is 9.25. The first kappa shape index (κ1) is 21.1. The molecule has 6 nitrogen and oxygen atoms in total. The van der Waals surface area contributed by atoms with Gasteiger partial charge in [-0.15, -0.1) is 0 Å². The van der Waals surface area contributed by atoms with Gasteiger partial charge in [-0.3, -0.25) is 9.59 Å². The highest BCUT2D eigenvalue weighted by molar-refractivity contribution is 5.94. The predicted molar refractivity (Wildman–Crippen MR) is 112 cm³/mol. The summed E-state index contributed by atoms with van der Waals surface area (Å²) in [6.07, 6.45) is 5.62. The third kappa shape index (κ3) is 4.86. The molecule has 1 heterocycles. The van der Waals surface area contributed by atoms with E-state index < -0.39 is 0 Å².